The van der Waals surface area contributed by atoms with Gasteiger partial charge in [0.05, 0.1) is 11.4 Å². The highest BCUT2D eigenvalue weighted by atomic mass is 32.2. The molecule has 1 aromatic rings. The summed E-state index contributed by atoms with van der Waals surface area (Å²) >= 11 is 1.10. The molecular weight excluding hydrogens is 390 g/mol. The Bertz CT molecular complexity index is 769. The van der Waals surface area contributed by atoms with Crippen molar-refractivity contribution in [3.63, 3.8) is 0 Å². The van der Waals surface area contributed by atoms with Crippen LogP contribution in [0.15, 0.2) is 22.1 Å². The lowest BCUT2D eigenvalue weighted by Crippen LogP contribution is -2.38. The lowest BCUT2D eigenvalue weighted by Gasteiger charge is -2.17. The Morgan fingerprint density at radius 3 is 2.75 bits per heavy atom. The van der Waals surface area contributed by atoms with Gasteiger partial charge in [-0.1, -0.05) is 0 Å². The summed E-state index contributed by atoms with van der Waals surface area (Å²) in [6.45, 7) is 0.176. The van der Waals surface area contributed by atoms with Crippen LogP contribution >= 0.6 is 11.8 Å². The topological polar surface area (TPSA) is 218 Å². The van der Waals surface area contributed by atoms with E-state index in [1.165, 1.54) is 16.8 Å². The summed E-state index contributed by atoms with van der Waals surface area (Å²) in [6.07, 6.45) is -0.231. The molecule has 0 spiro atoms. The Morgan fingerprint density at radius 2 is 2.11 bits per heavy atom. The molecule has 10 N–H and O–H groups in total. The van der Waals surface area contributed by atoms with Gasteiger partial charge in [-0.05, 0) is 18.9 Å². The van der Waals surface area contributed by atoms with Gasteiger partial charge in [0, 0.05) is 12.7 Å². The second-order valence-corrected chi connectivity index (χ2v) is 7.63. The van der Waals surface area contributed by atoms with Gasteiger partial charge in [0.1, 0.15) is 29.9 Å². The van der Waals surface area contributed by atoms with Crippen molar-refractivity contribution in [2.45, 2.75) is 41.7 Å². The molecule has 2 unspecified atom stereocenters. The fourth-order valence-corrected chi connectivity index (χ4v) is 4.07. The molecule has 5 atom stereocenters. The zero-order valence-electron chi connectivity index (χ0n) is 15.0. The first-order valence-corrected chi connectivity index (χ1v) is 9.49. The molecule has 0 bridgehead atoms. The van der Waals surface area contributed by atoms with Crippen LogP contribution in [0.2, 0.25) is 0 Å². The van der Waals surface area contributed by atoms with Gasteiger partial charge in [-0.2, -0.15) is 4.98 Å². The van der Waals surface area contributed by atoms with E-state index in [-0.39, 0.29) is 18.4 Å². The molecule has 0 radical (unpaired) electrons. The molecule has 156 valence electrons. The average Bonchev–Trinajstić information content (AvgIpc) is 2.91. The van der Waals surface area contributed by atoms with Crippen LogP contribution in [0.5, 0.6) is 0 Å². The molecule has 0 saturated carbocycles. The number of guanidine groups is 1. The number of nitrogens with zero attached hydrogens (tertiary/aromatic N) is 3. The number of carbonyl (C=O) groups is 1. The molecule has 0 aliphatic carbocycles. The average molecular weight is 415 g/mol. The van der Waals surface area contributed by atoms with Crippen LogP contribution in [0.3, 0.4) is 0 Å². The van der Waals surface area contributed by atoms with E-state index >= 15 is 0 Å². The normalized spacial score (nSPS) is 25.2. The first-order chi connectivity index (χ1) is 13.2. The number of carbonyl (C=O) groups excluding carboxylic acids is 1. The van der Waals surface area contributed by atoms with E-state index in [1.807, 2.05) is 0 Å². The molecule has 1 fully saturated rings. The highest BCUT2D eigenvalue weighted by Crippen LogP contribution is 2.41. The Balaban J connectivity index is 1.88. The number of esters is 1. The molecule has 28 heavy (non-hydrogen) atoms. The number of anilines is 1. The summed E-state index contributed by atoms with van der Waals surface area (Å²) < 4.78 is 6.33. The number of aromatic nitrogens is 2. The first kappa shape index (κ1) is 21.9. The zero-order valence-corrected chi connectivity index (χ0v) is 15.9. The molecule has 1 aliphatic rings. The number of ether oxygens (including phenoxy) is 1. The van der Waals surface area contributed by atoms with E-state index in [1.54, 1.807) is 0 Å². The molecule has 12 nitrogen and oxygen atoms in total. The van der Waals surface area contributed by atoms with E-state index in [0.29, 0.717) is 19.4 Å². The number of hydrogen-bond donors (Lipinski definition) is 6. The number of hydrogen-bond acceptors (Lipinski definition) is 10. The molecule has 2 heterocycles. The molecule has 0 aromatic carbocycles. The molecule has 2 rings (SSSR count). The number of aliphatic hydroxyl groups excluding tert-OH is 2. The first-order valence-electron chi connectivity index (χ1n) is 8.54. The fourth-order valence-electron chi connectivity index (χ4n) is 2.62. The summed E-state index contributed by atoms with van der Waals surface area (Å²) in [4.78, 5) is 31.3. The van der Waals surface area contributed by atoms with Gasteiger partial charge >= 0.3 is 11.7 Å². The Kier molecular flexibility index (Phi) is 7.62. The summed E-state index contributed by atoms with van der Waals surface area (Å²) in [5.74, 6) is -0.618. The zero-order chi connectivity index (χ0) is 20.8. The number of aliphatic hydroxyl groups is 2. The third-order valence-corrected chi connectivity index (χ3v) is 5.67. The standard InChI is InChI=1S/C15H25N7O5S/c16-7(2-1-4-20-14(18)19)13(25)27-6-8-10(23)11(24)12(28-8)22-5-3-9(17)21-15(22)26/h3,5,7-8,10-12,23-24H,1-2,4,6,16H2,(H2,17,21,26)(H4,18,19,20)/t7-,8-,10?,11?,12-/m1/s1. The number of nitrogen functional groups attached to an aromatic ring is 1. The van der Waals surface area contributed by atoms with Crippen molar-refractivity contribution >= 4 is 29.5 Å². The lowest BCUT2D eigenvalue weighted by molar-refractivity contribution is -0.146. The van der Waals surface area contributed by atoms with Gasteiger partial charge in [0.25, 0.3) is 0 Å². The van der Waals surface area contributed by atoms with Crippen molar-refractivity contribution in [1.82, 2.24) is 9.55 Å². The van der Waals surface area contributed by atoms with Gasteiger partial charge in [-0.3, -0.25) is 14.4 Å². The second kappa shape index (κ2) is 9.73. The minimum absolute atomic E-state index is 0.0353. The van der Waals surface area contributed by atoms with Crippen molar-refractivity contribution in [2.24, 2.45) is 22.2 Å². The highest BCUT2D eigenvalue weighted by molar-refractivity contribution is 8.00. The van der Waals surface area contributed by atoms with Crippen molar-refractivity contribution in [2.75, 3.05) is 18.9 Å². The summed E-state index contributed by atoms with van der Waals surface area (Å²) in [5.41, 5.74) is 21.0. The maximum absolute atomic E-state index is 12.0. The maximum Gasteiger partial charge on any atom is 0.350 e. The molecular formula is C15H25N7O5S. The molecule has 1 aromatic heterocycles. The largest absolute Gasteiger partial charge is 0.463 e. The quantitative estimate of drug-likeness (QED) is 0.109. The van der Waals surface area contributed by atoms with Crippen LogP contribution in [0.4, 0.5) is 5.82 Å². The third kappa shape index (κ3) is 5.58. The Hall–Kier alpha value is -2.35. The summed E-state index contributed by atoms with van der Waals surface area (Å²) in [7, 11) is 0. The van der Waals surface area contributed by atoms with E-state index in [0.717, 1.165) is 11.8 Å². The van der Waals surface area contributed by atoms with Gasteiger partial charge in [0.2, 0.25) is 0 Å². The van der Waals surface area contributed by atoms with E-state index in [2.05, 4.69) is 9.98 Å². The lowest BCUT2D eigenvalue weighted by atomic mass is 10.1. The smallest absolute Gasteiger partial charge is 0.350 e. The van der Waals surface area contributed by atoms with E-state index < -0.39 is 40.5 Å². The van der Waals surface area contributed by atoms with E-state index in [4.69, 9.17) is 27.7 Å². The second-order valence-electron chi connectivity index (χ2n) is 6.27. The SMILES string of the molecule is NC(N)=NCCC[C@@H](N)C(=O)OC[C@H]1S[C@@H](n2ccc(N)nc2=O)C(O)C1O. The van der Waals surface area contributed by atoms with Crippen molar-refractivity contribution in [1.29, 1.82) is 0 Å². The number of aliphatic imine (C=N–C) groups is 1. The van der Waals surface area contributed by atoms with Crippen molar-refractivity contribution in [3.05, 3.63) is 22.7 Å². The van der Waals surface area contributed by atoms with Gasteiger partial charge in [0.15, 0.2) is 5.96 Å². The number of thioether (sulfide) groups is 1. The Labute approximate surface area is 164 Å². The monoisotopic (exact) mass is 415 g/mol. The van der Waals surface area contributed by atoms with Crippen LogP contribution in [-0.2, 0) is 9.53 Å². The number of nitrogens with two attached hydrogens (primary N) is 4. The maximum atomic E-state index is 12.0. The molecule has 0 amide bonds. The minimum Gasteiger partial charge on any atom is -0.463 e. The van der Waals surface area contributed by atoms with E-state index in [9.17, 15) is 19.8 Å². The van der Waals surface area contributed by atoms with Crippen LogP contribution < -0.4 is 28.6 Å². The van der Waals surface area contributed by atoms with Crippen molar-refractivity contribution in [3.8, 4) is 0 Å². The third-order valence-electron chi connectivity index (χ3n) is 4.12. The minimum atomic E-state index is -1.25. The van der Waals surface area contributed by atoms with Crippen LogP contribution in [0, 0.1) is 0 Å². The highest BCUT2D eigenvalue weighted by Gasteiger charge is 2.44. The summed E-state index contributed by atoms with van der Waals surface area (Å²) in [5, 5.41) is 19.0. The van der Waals surface area contributed by atoms with Gasteiger partial charge in [-0.15, -0.1) is 11.8 Å². The molecule has 13 heteroatoms. The summed E-state index contributed by atoms with van der Waals surface area (Å²) in [6, 6.07) is 0.554. The van der Waals surface area contributed by atoms with Crippen LogP contribution in [0.25, 0.3) is 0 Å². The van der Waals surface area contributed by atoms with Gasteiger partial charge < -0.3 is 37.9 Å². The van der Waals surface area contributed by atoms with Gasteiger partial charge in [-0.25, -0.2) is 4.79 Å². The molecule has 1 saturated heterocycles. The predicted octanol–water partition coefficient (Wildman–Crippen LogP) is -2.91. The number of rotatable bonds is 8. The van der Waals surface area contributed by atoms with Crippen molar-refractivity contribution < 1.29 is 19.7 Å². The van der Waals surface area contributed by atoms with Crippen LogP contribution in [0.1, 0.15) is 18.2 Å². The Morgan fingerprint density at radius 1 is 1.39 bits per heavy atom. The fraction of sp³-hybridized carbons (Fsp3) is 0.600. The molecule has 1 aliphatic heterocycles. The predicted molar refractivity (Wildman–Crippen MR) is 104 cm³/mol. The van der Waals surface area contributed by atoms with Crippen LogP contribution in [-0.4, -0.2) is 68.3 Å².